The Bertz CT molecular complexity index is 1910. The van der Waals surface area contributed by atoms with Crippen molar-refractivity contribution in [2.24, 2.45) is 35.1 Å². The Kier molecular flexibility index (Phi) is 15.2. The number of aromatic amines is 1. The molecule has 0 bridgehead atoms. The van der Waals surface area contributed by atoms with Crippen LogP contribution in [0.2, 0.25) is 0 Å². The Morgan fingerprint density at radius 2 is 1.55 bits per heavy atom. The number of carbonyl (C=O) groups excluding carboxylic acids is 3. The van der Waals surface area contributed by atoms with E-state index in [1.54, 1.807) is 50.2 Å². The number of aromatic nitrogens is 2. The minimum Gasteiger partial charge on any atom is -0.490 e. The van der Waals surface area contributed by atoms with E-state index in [9.17, 15) is 24.6 Å². The van der Waals surface area contributed by atoms with Gasteiger partial charge in [-0.2, -0.15) is 0 Å². The third-order valence-corrected chi connectivity index (χ3v) is 11.2. The van der Waals surface area contributed by atoms with Gasteiger partial charge in [-0.15, -0.1) is 0 Å². The summed E-state index contributed by atoms with van der Waals surface area (Å²) in [5.74, 6) is -1.23. The fraction of sp³-hybridized carbons (Fsp3) is 0.500. The molecule has 1 saturated carbocycles. The lowest BCUT2D eigenvalue weighted by atomic mass is 9.77. The molecule has 56 heavy (non-hydrogen) atoms. The third kappa shape index (κ3) is 10.4. The number of fused-ring (bicyclic) bond motifs is 1. The second-order valence-electron chi connectivity index (χ2n) is 15.6. The van der Waals surface area contributed by atoms with Gasteiger partial charge in [0.1, 0.15) is 36.1 Å². The van der Waals surface area contributed by atoms with Crippen LogP contribution in [0.15, 0.2) is 66.7 Å². The van der Waals surface area contributed by atoms with Crippen LogP contribution in [0.25, 0.3) is 11.0 Å². The molecule has 1 aliphatic rings. The van der Waals surface area contributed by atoms with Gasteiger partial charge in [-0.05, 0) is 60.6 Å². The Labute approximate surface area is 329 Å². The molecule has 12 heteroatoms. The summed E-state index contributed by atoms with van der Waals surface area (Å²) in [7, 11) is 0. The van der Waals surface area contributed by atoms with Crippen LogP contribution in [0.4, 0.5) is 0 Å². The standard InChI is InChI=1S/C44H59N5O7/c1-5-27(4)38(46)44(54)47-25-35-48-33-21-20-31(41(51)36(26(2)3)43(53)42(52)32(45)24-28-14-8-6-9-15-28)37(39(33)49-35)40(50)30-18-12-13-19-34(30)56-23-22-55-29-16-10-7-11-17-29/h7,10-13,16-21,26-28,32,36,38,42-43,52-53H,5-6,8-9,14-15,22-25,45-46H2,1-4H3,(H,47,54)(H,48,49)/t27-,32+,36?,38-,42-,43?/m1/s1. The summed E-state index contributed by atoms with van der Waals surface area (Å²) in [6.07, 6.45) is 3.92. The molecule has 2 unspecified atom stereocenters. The van der Waals surface area contributed by atoms with E-state index in [0.717, 1.165) is 32.1 Å². The van der Waals surface area contributed by atoms with Crippen molar-refractivity contribution in [3.63, 3.8) is 0 Å². The van der Waals surface area contributed by atoms with Gasteiger partial charge >= 0.3 is 0 Å². The molecule has 0 radical (unpaired) electrons. The van der Waals surface area contributed by atoms with Crippen LogP contribution < -0.4 is 26.3 Å². The van der Waals surface area contributed by atoms with E-state index in [-0.39, 0.29) is 59.5 Å². The van der Waals surface area contributed by atoms with E-state index < -0.39 is 47.7 Å². The van der Waals surface area contributed by atoms with Crippen LogP contribution in [-0.2, 0) is 11.3 Å². The topological polar surface area (TPSA) is 203 Å². The molecule has 8 N–H and O–H groups in total. The highest BCUT2D eigenvalue weighted by Crippen LogP contribution is 2.34. The Hall–Kier alpha value is -4.62. The number of hydrogen-bond donors (Lipinski definition) is 6. The van der Waals surface area contributed by atoms with Crippen molar-refractivity contribution in [2.45, 2.75) is 103 Å². The largest absolute Gasteiger partial charge is 0.490 e. The number of H-pyrrole nitrogens is 1. The molecule has 1 aliphatic carbocycles. The summed E-state index contributed by atoms with van der Waals surface area (Å²) in [6, 6.07) is 17.8. The number of aliphatic hydroxyl groups excluding tert-OH is 2. The average Bonchev–Trinajstić information content (AvgIpc) is 3.64. The van der Waals surface area contributed by atoms with Crippen molar-refractivity contribution in [1.29, 1.82) is 0 Å². The number of hydrogen-bond acceptors (Lipinski definition) is 10. The Morgan fingerprint density at radius 1 is 0.875 bits per heavy atom. The number of ether oxygens (including phenoxy) is 2. The van der Waals surface area contributed by atoms with E-state index in [4.69, 9.17) is 25.9 Å². The third-order valence-electron chi connectivity index (χ3n) is 11.2. The highest BCUT2D eigenvalue weighted by atomic mass is 16.5. The number of carbonyl (C=O) groups is 3. The average molecular weight is 770 g/mol. The fourth-order valence-electron chi connectivity index (χ4n) is 7.63. The first-order valence-corrected chi connectivity index (χ1v) is 20.1. The first-order valence-electron chi connectivity index (χ1n) is 20.1. The molecule has 4 aromatic rings. The molecule has 12 nitrogen and oxygen atoms in total. The molecule has 302 valence electrons. The highest BCUT2D eigenvalue weighted by Gasteiger charge is 2.40. The molecule has 0 saturated heterocycles. The summed E-state index contributed by atoms with van der Waals surface area (Å²) in [4.78, 5) is 50.3. The number of nitrogens with two attached hydrogens (primary N) is 2. The lowest BCUT2D eigenvalue weighted by Crippen LogP contribution is -2.50. The normalized spacial score (nSPS) is 16.8. The van der Waals surface area contributed by atoms with Crippen molar-refractivity contribution in [1.82, 2.24) is 15.3 Å². The van der Waals surface area contributed by atoms with Crippen molar-refractivity contribution in [3.8, 4) is 11.5 Å². The Balaban J connectivity index is 1.48. The second kappa shape index (κ2) is 20.0. The summed E-state index contributed by atoms with van der Waals surface area (Å²) < 4.78 is 11.9. The Morgan fingerprint density at radius 3 is 2.25 bits per heavy atom. The van der Waals surface area contributed by atoms with Crippen LogP contribution >= 0.6 is 0 Å². The maximum atomic E-state index is 14.8. The monoisotopic (exact) mass is 769 g/mol. The van der Waals surface area contributed by atoms with Gasteiger partial charge in [0.05, 0.1) is 47.4 Å². The van der Waals surface area contributed by atoms with Gasteiger partial charge in [-0.25, -0.2) is 4.98 Å². The number of nitrogens with zero attached hydrogens (tertiary/aromatic N) is 1. The van der Waals surface area contributed by atoms with Gasteiger partial charge in [-0.1, -0.05) is 96.6 Å². The molecule has 1 fully saturated rings. The summed E-state index contributed by atoms with van der Waals surface area (Å²) in [6.45, 7) is 7.84. The SMILES string of the molecule is CC[C@@H](C)[C@@H](N)C(=O)NCc1nc2c(C(=O)c3ccccc3OCCOc3ccccc3)c(C(=O)C(C(C)C)C(O)[C@H](O)[C@@H](N)CC3CCCCC3)ccc2[nH]1. The second-order valence-corrected chi connectivity index (χ2v) is 15.6. The number of aliphatic hydroxyl groups is 2. The predicted octanol–water partition coefficient (Wildman–Crippen LogP) is 5.72. The van der Waals surface area contributed by atoms with E-state index in [0.29, 0.717) is 29.4 Å². The number of benzene rings is 3. The highest BCUT2D eigenvalue weighted by molar-refractivity contribution is 6.22. The predicted molar refractivity (Wildman–Crippen MR) is 217 cm³/mol. The van der Waals surface area contributed by atoms with Crippen molar-refractivity contribution >= 4 is 28.5 Å². The molecule has 6 atom stereocenters. The van der Waals surface area contributed by atoms with Gasteiger partial charge in [0, 0.05) is 11.6 Å². The number of imidazole rings is 1. The van der Waals surface area contributed by atoms with Crippen LogP contribution in [0.3, 0.4) is 0 Å². The van der Waals surface area contributed by atoms with E-state index in [1.807, 2.05) is 44.2 Å². The summed E-state index contributed by atoms with van der Waals surface area (Å²) >= 11 is 0. The fourth-order valence-corrected chi connectivity index (χ4v) is 7.63. The molecule has 3 aromatic carbocycles. The van der Waals surface area contributed by atoms with Crippen molar-refractivity contribution < 1.29 is 34.1 Å². The van der Waals surface area contributed by atoms with Gasteiger partial charge in [0.25, 0.3) is 0 Å². The van der Waals surface area contributed by atoms with E-state index >= 15 is 0 Å². The van der Waals surface area contributed by atoms with Gasteiger partial charge in [-0.3, -0.25) is 14.4 Å². The smallest absolute Gasteiger partial charge is 0.237 e. The van der Waals surface area contributed by atoms with E-state index in [2.05, 4.69) is 10.3 Å². The summed E-state index contributed by atoms with van der Waals surface area (Å²) in [5, 5.41) is 25.9. The number of para-hydroxylation sites is 2. The zero-order valence-electron chi connectivity index (χ0n) is 33.1. The number of nitrogens with one attached hydrogen (secondary N) is 2. The minimum absolute atomic E-state index is 0.00747. The molecule has 1 heterocycles. The zero-order valence-corrected chi connectivity index (χ0v) is 33.1. The summed E-state index contributed by atoms with van der Waals surface area (Å²) in [5.41, 5.74) is 13.6. The first kappa shape index (κ1) is 42.5. The van der Waals surface area contributed by atoms with Crippen LogP contribution in [0.5, 0.6) is 11.5 Å². The van der Waals surface area contributed by atoms with Crippen molar-refractivity contribution in [3.05, 3.63) is 89.2 Å². The van der Waals surface area contributed by atoms with Gasteiger partial charge in [0.15, 0.2) is 11.6 Å². The van der Waals surface area contributed by atoms with Gasteiger partial charge < -0.3 is 41.5 Å². The maximum absolute atomic E-state index is 14.8. The number of amides is 1. The molecule has 1 aromatic heterocycles. The molecular weight excluding hydrogens is 711 g/mol. The zero-order chi connectivity index (χ0) is 40.4. The lowest BCUT2D eigenvalue weighted by molar-refractivity contribution is -0.123. The maximum Gasteiger partial charge on any atom is 0.237 e. The first-order chi connectivity index (χ1) is 26.9. The van der Waals surface area contributed by atoms with Crippen LogP contribution in [0, 0.1) is 23.7 Å². The molecule has 0 aliphatic heterocycles. The minimum atomic E-state index is -1.49. The number of rotatable bonds is 20. The molecular formula is C44H59N5O7. The number of ketones is 2. The van der Waals surface area contributed by atoms with Gasteiger partial charge in [0.2, 0.25) is 5.91 Å². The quantitative estimate of drug-likeness (QED) is 0.0477. The van der Waals surface area contributed by atoms with E-state index in [1.165, 1.54) is 6.42 Å². The number of Topliss-reactive ketones (excluding diaryl/α,β-unsaturated/α-hetero) is 1. The molecule has 0 spiro atoms. The van der Waals surface area contributed by atoms with Crippen LogP contribution in [0.1, 0.15) is 105 Å². The van der Waals surface area contributed by atoms with Crippen LogP contribution in [-0.4, -0.2) is 75.2 Å². The van der Waals surface area contributed by atoms with Crippen molar-refractivity contribution in [2.75, 3.05) is 13.2 Å². The molecule has 1 amide bonds. The molecule has 5 rings (SSSR count). The lowest BCUT2D eigenvalue weighted by Gasteiger charge is -2.34.